The molecule has 4 heteroatoms. The quantitative estimate of drug-likeness (QED) is 0.756. The lowest BCUT2D eigenvalue weighted by molar-refractivity contribution is -0.119. The van der Waals surface area contributed by atoms with Crippen molar-refractivity contribution in [2.24, 2.45) is 0 Å². The van der Waals surface area contributed by atoms with E-state index in [1.807, 2.05) is 33.0 Å². The maximum absolute atomic E-state index is 10.9. The van der Waals surface area contributed by atoms with Crippen LogP contribution in [0.25, 0.3) is 11.0 Å². The predicted molar refractivity (Wildman–Crippen MR) is 66.6 cm³/mol. The molecule has 0 aliphatic rings. The third-order valence-corrected chi connectivity index (χ3v) is 2.54. The van der Waals surface area contributed by atoms with Gasteiger partial charge in [-0.3, -0.25) is 4.79 Å². The second-order valence-electron chi connectivity index (χ2n) is 4.11. The molecule has 1 N–H and O–H groups in total. The smallest absolute Gasteiger partial charge is 0.217 e. The van der Waals surface area contributed by atoms with Crippen molar-refractivity contribution in [3.05, 3.63) is 30.0 Å². The first-order chi connectivity index (χ1) is 7.56. The highest BCUT2D eigenvalue weighted by Crippen LogP contribution is 2.22. The number of furan rings is 1. The van der Waals surface area contributed by atoms with Crippen LogP contribution in [0.1, 0.15) is 25.6 Å². The summed E-state index contributed by atoms with van der Waals surface area (Å²) in [6.07, 6.45) is 0. The van der Waals surface area contributed by atoms with Gasteiger partial charge in [0.25, 0.3) is 0 Å². The second kappa shape index (κ2) is 4.04. The lowest BCUT2D eigenvalue weighted by atomic mass is 9.95. The van der Waals surface area contributed by atoms with Gasteiger partial charge in [0.05, 0.1) is 6.04 Å². The highest BCUT2D eigenvalue weighted by molar-refractivity contribution is 6.33. The number of fused-ring (bicyclic) bond motifs is 1. The van der Waals surface area contributed by atoms with E-state index in [-0.39, 0.29) is 11.9 Å². The summed E-state index contributed by atoms with van der Waals surface area (Å²) >= 11 is 0. The van der Waals surface area contributed by atoms with Gasteiger partial charge in [-0.15, -0.1) is 0 Å². The van der Waals surface area contributed by atoms with Crippen LogP contribution in [0.5, 0.6) is 0 Å². The third-order valence-electron chi connectivity index (χ3n) is 2.54. The van der Waals surface area contributed by atoms with E-state index in [2.05, 4.69) is 11.4 Å². The Labute approximate surface area is 95.2 Å². The number of carbonyl (C=O) groups excluding carboxylic acids is 1. The number of hydrogen-bond donors (Lipinski definition) is 1. The fourth-order valence-corrected chi connectivity index (χ4v) is 1.77. The Morgan fingerprint density at radius 2 is 2.19 bits per heavy atom. The van der Waals surface area contributed by atoms with Crippen LogP contribution >= 0.6 is 0 Å². The Morgan fingerprint density at radius 1 is 1.44 bits per heavy atom. The number of hydrogen-bond acceptors (Lipinski definition) is 2. The highest BCUT2D eigenvalue weighted by Gasteiger charge is 2.11. The second-order valence-corrected chi connectivity index (χ2v) is 4.11. The number of amides is 1. The summed E-state index contributed by atoms with van der Waals surface area (Å²) in [5.74, 6) is 0.736. The first-order valence-corrected chi connectivity index (χ1v) is 5.33. The van der Waals surface area contributed by atoms with E-state index in [9.17, 15) is 4.79 Å². The average Bonchev–Trinajstić information content (AvgIpc) is 2.59. The number of carbonyl (C=O) groups is 1. The van der Waals surface area contributed by atoms with E-state index in [1.54, 1.807) is 0 Å². The van der Waals surface area contributed by atoms with Crippen LogP contribution in [0, 0.1) is 0 Å². The molecule has 0 saturated heterocycles. The third kappa shape index (κ3) is 2.11. The van der Waals surface area contributed by atoms with Gasteiger partial charge in [-0.2, -0.15) is 0 Å². The average molecular weight is 215 g/mol. The van der Waals surface area contributed by atoms with Gasteiger partial charge < -0.3 is 9.73 Å². The van der Waals surface area contributed by atoms with Crippen LogP contribution in [-0.2, 0) is 4.79 Å². The molecule has 1 amide bonds. The monoisotopic (exact) mass is 215 g/mol. The van der Waals surface area contributed by atoms with E-state index < -0.39 is 0 Å². The molecule has 2 aromatic rings. The van der Waals surface area contributed by atoms with Crippen molar-refractivity contribution in [3.63, 3.8) is 0 Å². The van der Waals surface area contributed by atoms with E-state index in [0.717, 1.165) is 16.7 Å². The van der Waals surface area contributed by atoms with Crippen molar-refractivity contribution in [3.8, 4) is 0 Å². The zero-order valence-corrected chi connectivity index (χ0v) is 9.70. The Kier molecular flexibility index (Phi) is 2.73. The van der Waals surface area contributed by atoms with E-state index >= 15 is 0 Å². The minimum Gasteiger partial charge on any atom is -0.459 e. The molecule has 1 heterocycles. The molecule has 0 aliphatic heterocycles. The molecule has 0 fully saturated rings. The zero-order valence-electron chi connectivity index (χ0n) is 9.70. The molecule has 1 unspecified atom stereocenters. The molecule has 0 saturated carbocycles. The zero-order chi connectivity index (χ0) is 11.7. The minimum atomic E-state index is -0.0924. The van der Waals surface area contributed by atoms with Gasteiger partial charge in [0, 0.05) is 12.3 Å². The van der Waals surface area contributed by atoms with Crippen LogP contribution in [0.4, 0.5) is 0 Å². The topological polar surface area (TPSA) is 42.2 Å². The molecule has 3 nitrogen and oxygen atoms in total. The molecule has 0 radical (unpaired) electrons. The standard InChI is InChI=1S/C12H14BNO2/c1-7(14-8(2)15)12-6-9-5-10(13)3-4-11(9)16-12/h3-7H,13H2,1-2H3,(H,14,15). The summed E-state index contributed by atoms with van der Waals surface area (Å²) in [5.41, 5.74) is 2.06. The van der Waals surface area contributed by atoms with Crippen LogP contribution in [0.2, 0.25) is 0 Å². The maximum Gasteiger partial charge on any atom is 0.217 e. The Morgan fingerprint density at radius 3 is 2.88 bits per heavy atom. The fraction of sp³-hybridized carbons (Fsp3) is 0.250. The van der Waals surface area contributed by atoms with Crippen molar-refractivity contribution in [2.45, 2.75) is 19.9 Å². The van der Waals surface area contributed by atoms with Crippen molar-refractivity contribution in [1.82, 2.24) is 5.32 Å². The summed E-state index contributed by atoms with van der Waals surface area (Å²) in [7, 11) is 2.05. The van der Waals surface area contributed by atoms with Gasteiger partial charge >= 0.3 is 0 Å². The fourth-order valence-electron chi connectivity index (χ4n) is 1.77. The summed E-state index contributed by atoms with van der Waals surface area (Å²) in [6, 6.07) is 7.92. The van der Waals surface area contributed by atoms with Crippen LogP contribution in [-0.4, -0.2) is 13.8 Å². The van der Waals surface area contributed by atoms with Gasteiger partial charge in [0.15, 0.2) is 0 Å². The SMILES string of the molecule is Bc1ccc2oc(C(C)NC(C)=O)cc2c1. The summed E-state index contributed by atoms with van der Waals surface area (Å²) in [4.78, 5) is 10.9. The number of nitrogens with one attached hydrogen (secondary N) is 1. The van der Waals surface area contributed by atoms with Crippen molar-refractivity contribution < 1.29 is 9.21 Å². The van der Waals surface area contributed by atoms with E-state index in [0.29, 0.717) is 0 Å². The highest BCUT2D eigenvalue weighted by atomic mass is 16.3. The van der Waals surface area contributed by atoms with E-state index in [4.69, 9.17) is 4.42 Å². The lowest BCUT2D eigenvalue weighted by Gasteiger charge is -2.08. The predicted octanol–water partition coefficient (Wildman–Crippen LogP) is 0.888. The lowest BCUT2D eigenvalue weighted by Crippen LogP contribution is -2.23. The number of benzene rings is 1. The summed E-state index contributed by atoms with van der Waals surface area (Å²) in [6.45, 7) is 3.41. The number of rotatable bonds is 2. The normalized spacial score (nSPS) is 12.6. The Bertz CT molecular complexity index is 533. The van der Waals surface area contributed by atoms with Gasteiger partial charge in [0.2, 0.25) is 5.91 Å². The van der Waals surface area contributed by atoms with Gasteiger partial charge in [-0.05, 0) is 19.1 Å². The van der Waals surface area contributed by atoms with Crippen molar-refractivity contribution in [1.29, 1.82) is 0 Å². The molecular formula is C12H14BNO2. The molecule has 0 bridgehead atoms. The van der Waals surface area contributed by atoms with Gasteiger partial charge in [-0.1, -0.05) is 17.6 Å². The summed E-state index contributed by atoms with van der Waals surface area (Å²) < 4.78 is 5.67. The molecular weight excluding hydrogens is 201 g/mol. The summed E-state index contributed by atoms with van der Waals surface area (Å²) in [5, 5.41) is 3.88. The first-order valence-electron chi connectivity index (χ1n) is 5.33. The molecule has 1 aromatic heterocycles. The molecule has 2 rings (SSSR count). The molecule has 82 valence electrons. The van der Waals surface area contributed by atoms with Crippen LogP contribution in [0.3, 0.4) is 0 Å². The van der Waals surface area contributed by atoms with Gasteiger partial charge in [0.1, 0.15) is 19.2 Å². The molecule has 0 spiro atoms. The van der Waals surface area contributed by atoms with Crippen molar-refractivity contribution in [2.75, 3.05) is 0 Å². The maximum atomic E-state index is 10.9. The molecule has 1 atom stereocenters. The van der Waals surface area contributed by atoms with Crippen molar-refractivity contribution >= 4 is 30.2 Å². The molecule has 1 aromatic carbocycles. The first kappa shape index (κ1) is 10.8. The largest absolute Gasteiger partial charge is 0.459 e. The van der Waals surface area contributed by atoms with E-state index in [1.165, 1.54) is 12.4 Å². The van der Waals surface area contributed by atoms with Crippen LogP contribution < -0.4 is 10.8 Å². The van der Waals surface area contributed by atoms with Crippen LogP contribution in [0.15, 0.2) is 28.7 Å². The minimum absolute atomic E-state index is 0.0517. The van der Waals surface area contributed by atoms with Gasteiger partial charge in [-0.25, -0.2) is 0 Å². The Hall–Kier alpha value is -1.71. The Balaban J connectivity index is 2.35. The molecule has 16 heavy (non-hydrogen) atoms. The molecule has 0 aliphatic carbocycles.